The molecule has 3 unspecified atom stereocenters. The number of unbranched alkanes of at least 4 members (excludes halogenated alkanes) is 41. The van der Waals surface area contributed by atoms with Crippen LogP contribution in [-0.4, -0.2) is 96.7 Å². The average molecular weight is 1350 g/mol. The van der Waals surface area contributed by atoms with Gasteiger partial charge in [-0.3, -0.25) is 37.3 Å². The third-order valence-electron chi connectivity index (χ3n) is 17.3. The van der Waals surface area contributed by atoms with E-state index in [4.69, 9.17) is 37.0 Å². The predicted octanol–water partition coefficient (Wildman–Crippen LogP) is 21.2. The van der Waals surface area contributed by atoms with Gasteiger partial charge in [0, 0.05) is 25.7 Å². The van der Waals surface area contributed by atoms with Crippen molar-refractivity contribution in [3.05, 3.63) is 0 Å². The fourth-order valence-electron chi connectivity index (χ4n) is 11.1. The highest BCUT2D eigenvalue weighted by atomic mass is 31.2. The van der Waals surface area contributed by atoms with E-state index in [1.807, 2.05) is 0 Å². The Balaban J connectivity index is 5.17. The van der Waals surface area contributed by atoms with Gasteiger partial charge in [-0.25, -0.2) is 9.13 Å². The summed E-state index contributed by atoms with van der Waals surface area (Å²) in [5, 5.41) is 10.6. The van der Waals surface area contributed by atoms with Crippen molar-refractivity contribution in [1.82, 2.24) is 0 Å². The Morgan fingerprint density at radius 2 is 0.554 bits per heavy atom. The molecule has 0 amide bonds. The van der Waals surface area contributed by atoms with Crippen molar-refractivity contribution in [2.45, 2.75) is 394 Å². The van der Waals surface area contributed by atoms with Crippen molar-refractivity contribution in [3.8, 4) is 0 Å². The molecule has 19 heteroatoms. The third kappa shape index (κ3) is 65.4. The minimum atomic E-state index is -4.95. The predicted molar refractivity (Wildman–Crippen MR) is 372 cm³/mol. The molecule has 0 aromatic rings. The van der Waals surface area contributed by atoms with Gasteiger partial charge in [-0.15, -0.1) is 0 Å². The molecule has 0 saturated carbocycles. The molecular formula is C73H142O17P2. The van der Waals surface area contributed by atoms with Gasteiger partial charge in [0.05, 0.1) is 26.4 Å². The van der Waals surface area contributed by atoms with Gasteiger partial charge < -0.3 is 33.8 Å². The molecular weight excluding hydrogens is 1210 g/mol. The van der Waals surface area contributed by atoms with Gasteiger partial charge in [-0.05, 0) is 37.5 Å². The summed E-state index contributed by atoms with van der Waals surface area (Å²) < 4.78 is 68.3. The molecule has 0 rings (SSSR count). The van der Waals surface area contributed by atoms with E-state index in [1.54, 1.807) is 0 Å². The second-order valence-corrected chi connectivity index (χ2v) is 30.0. The normalized spacial score (nSPS) is 14.4. The molecule has 0 aliphatic carbocycles. The van der Waals surface area contributed by atoms with E-state index in [0.29, 0.717) is 25.7 Å². The van der Waals surface area contributed by atoms with Gasteiger partial charge in [-0.1, -0.05) is 324 Å². The topological polar surface area (TPSA) is 237 Å². The maximum absolute atomic E-state index is 13.0. The Bertz CT molecular complexity index is 1790. The zero-order valence-electron chi connectivity index (χ0n) is 59.9. The van der Waals surface area contributed by atoms with E-state index in [9.17, 15) is 43.2 Å². The van der Waals surface area contributed by atoms with E-state index < -0.39 is 97.5 Å². The number of esters is 4. The van der Waals surface area contributed by atoms with Crippen LogP contribution in [0.3, 0.4) is 0 Å². The van der Waals surface area contributed by atoms with Crippen LogP contribution >= 0.6 is 15.6 Å². The number of aliphatic hydroxyl groups excluding tert-OH is 1. The van der Waals surface area contributed by atoms with Crippen LogP contribution in [0.1, 0.15) is 375 Å². The van der Waals surface area contributed by atoms with Crippen LogP contribution in [0.25, 0.3) is 0 Å². The first-order chi connectivity index (χ1) is 44.4. The molecule has 3 N–H and O–H groups in total. The maximum Gasteiger partial charge on any atom is 0.472 e. The number of carbonyl (C=O) groups is 4. The number of phosphoric ester groups is 2. The highest BCUT2D eigenvalue weighted by molar-refractivity contribution is 7.47. The molecule has 0 aliphatic heterocycles. The Hall–Kier alpha value is -1.94. The number of hydrogen-bond acceptors (Lipinski definition) is 15. The highest BCUT2D eigenvalue weighted by Crippen LogP contribution is 2.45. The molecule has 0 spiro atoms. The molecule has 0 aliphatic rings. The lowest BCUT2D eigenvalue weighted by atomic mass is 10.00. The van der Waals surface area contributed by atoms with Crippen LogP contribution in [0.15, 0.2) is 0 Å². The zero-order valence-corrected chi connectivity index (χ0v) is 61.6. The molecule has 0 aromatic heterocycles. The quantitative estimate of drug-likeness (QED) is 0.0222. The first kappa shape index (κ1) is 90.1. The monoisotopic (exact) mass is 1350 g/mol. The molecule has 0 saturated heterocycles. The smallest absolute Gasteiger partial charge is 0.462 e. The summed E-state index contributed by atoms with van der Waals surface area (Å²) >= 11 is 0. The summed E-state index contributed by atoms with van der Waals surface area (Å²) in [6.07, 6.45) is 51.5. The number of aliphatic hydroxyl groups is 1. The van der Waals surface area contributed by atoms with E-state index in [-0.39, 0.29) is 25.7 Å². The minimum Gasteiger partial charge on any atom is -0.462 e. The summed E-state index contributed by atoms with van der Waals surface area (Å²) in [7, 11) is -9.90. The Morgan fingerprint density at radius 3 is 0.826 bits per heavy atom. The average Bonchev–Trinajstić information content (AvgIpc) is 2.16. The molecule has 546 valence electrons. The first-order valence-electron chi connectivity index (χ1n) is 38.0. The number of rotatable bonds is 72. The lowest BCUT2D eigenvalue weighted by Gasteiger charge is -2.21. The fourth-order valence-corrected chi connectivity index (χ4v) is 12.7. The standard InChI is InChI=1S/C73H142O17P2/c1-7-10-12-14-16-18-19-29-33-37-44-50-56-71(76)84-61-68(89-72(77)57-51-45-38-34-30-27-25-23-21-20-22-24-26-28-32-35-41-47-53-65(4)5)63-87-91(79,80)85-59-67(74)60-86-92(81,82)88-64-69(62-83-70(75)55-49-43-36-31-17-15-13-11-8-2)90-73(78)58-52-46-40-39-42-48-54-66(6)9-3/h65-69,74H,7-64H2,1-6H3,(H,79,80)(H,81,82)/t66?,67-,68-,69-/m1/s1. The Kier molecular flexibility index (Phi) is 63.7. The van der Waals surface area contributed by atoms with Gasteiger partial charge in [-0.2, -0.15) is 0 Å². The number of ether oxygens (including phenoxy) is 4. The summed E-state index contributed by atoms with van der Waals surface area (Å²) in [5.41, 5.74) is 0. The summed E-state index contributed by atoms with van der Waals surface area (Å²) in [6, 6.07) is 0. The lowest BCUT2D eigenvalue weighted by Crippen LogP contribution is -2.30. The van der Waals surface area contributed by atoms with E-state index in [2.05, 4.69) is 41.5 Å². The van der Waals surface area contributed by atoms with Crippen molar-refractivity contribution in [1.29, 1.82) is 0 Å². The maximum atomic E-state index is 13.0. The molecule has 0 aromatic carbocycles. The van der Waals surface area contributed by atoms with Crippen molar-refractivity contribution in [2.24, 2.45) is 11.8 Å². The van der Waals surface area contributed by atoms with Crippen molar-refractivity contribution < 1.29 is 80.2 Å². The second-order valence-electron chi connectivity index (χ2n) is 27.1. The van der Waals surface area contributed by atoms with Crippen molar-refractivity contribution in [2.75, 3.05) is 39.6 Å². The van der Waals surface area contributed by atoms with Crippen LogP contribution in [0.2, 0.25) is 0 Å². The van der Waals surface area contributed by atoms with Gasteiger partial charge in [0.1, 0.15) is 19.3 Å². The zero-order chi connectivity index (χ0) is 67.9. The van der Waals surface area contributed by atoms with Crippen LogP contribution in [0.5, 0.6) is 0 Å². The Labute approximate surface area is 562 Å². The number of carbonyl (C=O) groups excluding carboxylic acids is 4. The molecule has 17 nitrogen and oxygen atoms in total. The first-order valence-corrected chi connectivity index (χ1v) is 41.0. The van der Waals surface area contributed by atoms with Crippen molar-refractivity contribution in [3.63, 3.8) is 0 Å². The van der Waals surface area contributed by atoms with Crippen LogP contribution in [0, 0.1) is 11.8 Å². The molecule has 0 heterocycles. The summed E-state index contributed by atoms with van der Waals surface area (Å²) in [4.78, 5) is 72.5. The van der Waals surface area contributed by atoms with Gasteiger partial charge in [0.25, 0.3) is 0 Å². The van der Waals surface area contributed by atoms with Crippen LogP contribution in [0.4, 0.5) is 0 Å². The van der Waals surface area contributed by atoms with Gasteiger partial charge >= 0.3 is 39.5 Å². The van der Waals surface area contributed by atoms with Gasteiger partial charge in [0.15, 0.2) is 12.2 Å². The second kappa shape index (κ2) is 65.0. The summed E-state index contributed by atoms with van der Waals surface area (Å²) in [6.45, 7) is 9.54. The molecule has 0 fully saturated rings. The van der Waals surface area contributed by atoms with E-state index in [1.165, 1.54) is 193 Å². The highest BCUT2D eigenvalue weighted by Gasteiger charge is 2.30. The van der Waals surface area contributed by atoms with Crippen molar-refractivity contribution >= 4 is 39.5 Å². The molecule has 6 atom stereocenters. The summed E-state index contributed by atoms with van der Waals surface area (Å²) in [5.74, 6) is -0.583. The Morgan fingerprint density at radius 1 is 0.315 bits per heavy atom. The van der Waals surface area contributed by atoms with E-state index in [0.717, 1.165) is 102 Å². The van der Waals surface area contributed by atoms with Gasteiger partial charge in [0.2, 0.25) is 0 Å². The third-order valence-corrected chi connectivity index (χ3v) is 19.2. The lowest BCUT2D eigenvalue weighted by molar-refractivity contribution is -0.161. The fraction of sp³-hybridized carbons (Fsp3) is 0.945. The number of hydrogen-bond donors (Lipinski definition) is 3. The molecule has 92 heavy (non-hydrogen) atoms. The molecule has 0 radical (unpaired) electrons. The minimum absolute atomic E-state index is 0.103. The van der Waals surface area contributed by atoms with Crippen LogP contribution < -0.4 is 0 Å². The SMILES string of the molecule is CCCCCCCCCCCCCCC(=O)OC[C@H](COP(=O)(O)OC[C@@H](O)COP(=O)(O)OC[C@@H](COC(=O)CCCCCCCCCCC)OC(=O)CCCCCCCCC(C)CC)OC(=O)CCCCCCCCCCCCCCCCCCCCC(C)C. The number of phosphoric acid groups is 2. The van der Waals surface area contributed by atoms with E-state index >= 15 is 0 Å². The largest absolute Gasteiger partial charge is 0.472 e. The van der Waals surface area contributed by atoms with Crippen LogP contribution in [-0.2, 0) is 65.4 Å². The molecule has 0 bridgehead atoms.